The van der Waals surface area contributed by atoms with Crippen molar-refractivity contribution in [1.29, 1.82) is 0 Å². The highest BCUT2D eigenvalue weighted by Crippen LogP contribution is 2.29. The van der Waals surface area contributed by atoms with Gasteiger partial charge in [0.1, 0.15) is 0 Å². The molecule has 1 aromatic rings. The number of rotatable bonds is 4. The summed E-state index contributed by atoms with van der Waals surface area (Å²) in [6.45, 7) is 3.62. The molecule has 0 heterocycles. The Balaban J connectivity index is 3.02. The molecule has 17 heavy (non-hydrogen) atoms. The maximum absolute atomic E-state index is 12.0. The van der Waals surface area contributed by atoms with E-state index in [9.17, 15) is 8.42 Å². The van der Waals surface area contributed by atoms with Crippen molar-refractivity contribution < 1.29 is 8.42 Å². The third-order valence-electron chi connectivity index (χ3n) is 1.92. The molecule has 0 unspecified atom stereocenters. The van der Waals surface area contributed by atoms with Gasteiger partial charge < -0.3 is 5.73 Å². The van der Waals surface area contributed by atoms with Crippen LogP contribution >= 0.6 is 27.5 Å². The van der Waals surface area contributed by atoms with Crippen molar-refractivity contribution in [3.8, 4) is 0 Å². The molecule has 0 aliphatic rings. The lowest BCUT2D eigenvalue weighted by molar-refractivity contribution is 0.498. The van der Waals surface area contributed by atoms with Gasteiger partial charge in [-0.3, -0.25) is 0 Å². The standard InChI is InChI=1S/C10H14BrClN2O2S/c1-10(2,13)6-14-17(15,16)8-5-3-4-7(12)9(8)11/h3-5,14H,6,13H2,1-2H3. The number of halogens is 2. The normalized spacial score (nSPS) is 12.8. The van der Waals surface area contributed by atoms with Crippen molar-refractivity contribution in [2.75, 3.05) is 6.54 Å². The van der Waals surface area contributed by atoms with Gasteiger partial charge in [-0.2, -0.15) is 0 Å². The molecule has 96 valence electrons. The zero-order valence-corrected chi connectivity index (χ0v) is 12.7. The van der Waals surface area contributed by atoms with Gasteiger partial charge in [0.25, 0.3) is 0 Å². The maximum Gasteiger partial charge on any atom is 0.241 e. The monoisotopic (exact) mass is 340 g/mol. The molecule has 0 saturated carbocycles. The molecule has 7 heteroatoms. The minimum Gasteiger partial charge on any atom is -0.324 e. The predicted octanol–water partition coefficient (Wildman–Crippen LogP) is 2.12. The van der Waals surface area contributed by atoms with Gasteiger partial charge in [0.05, 0.1) is 14.4 Å². The lowest BCUT2D eigenvalue weighted by atomic mass is 10.1. The average Bonchev–Trinajstić information content (AvgIpc) is 2.18. The van der Waals surface area contributed by atoms with Gasteiger partial charge in [-0.15, -0.1) is 0 Å². The van der Waals surface area contributed by atoms with Crippen LogP contribution in [0.15, 0.2) is 27.6 Å². The van der Waals surface area contributed by atoms with Gasteiger partial charge in [-0.05, 0) is 41.9 Å². The Labute approximate surface area is 115 Å². The first kappa shape index (κ1) is 14.9. The number of hydrogen-bond donors (Lipinski definition) is 2. The van der Waals surface area contributed by atoms with Crippen molar-refractivity contribution >= 4 is 37.6 Å². The van der Waals surface area contributed by atoms with Crippen molar-refractivity contribution in [3.63, 3.8) is 0 Å². The first-order valence-electron chi connectivity index (χ1n) is 4.86. The Bertz CT molecular complexity index is 512. The Morgan fingerprint density at radius 1 is 1.47 bits per heavy atom. The highest BCUT2D eigenvalue weighted by molar-refractivity contribution is 9.10. The number of nitrogens with one attached hydrogen (secondary N) is 1. The van der Waals surface area contributed by atoms with Crippen LogP contribution in [0.3, 0.4) is 0 Å². The minimum absolute atomic E-state index is 0.106. The summed E-state index contributed by atoms with van der Waals surface area (Å²) in [6.07, 6.45) is 0. The SMILES string of the molecule is CC(C)(N)CNS(=O)(=O)c1cccc(Cl)c1Br. The fraction of sp³-hybridized carbons (Fsp3) is 0.400. The predicted molar refractivity (Wildman–Crippen MR) is 72.6 cm³/mol. The molecular formula is C10H14BrClN2O2S. The summed E-state index contributed by atoms with van der Waals surface area (Å²) in [7, 11) is -3.61. The molecule has 0 aliphatic heterocycles. The molecule has 0 saturated heterocycles. The van der Waals surface area contributed by atoms with Gasteiger partial charge in [-0.1, -0.05) is 17.7 Å². The van der Waals surface area contributed by atoms with Crippen LogP contribution in [0.5, 0.6) is 0 Å². The average molecular weight is 342 g/mol. The van der Waals surface area contributed by atoms with Crippen LogP contribution in [0, 0.1) is 0 Å². The summed E-state index contributed by atoms with van der Waals surface area (Å²) >= 11 is 9.00. The molecule has 0 spiro atoms. The summed E-state index contributed by atoms with van der Waals surface area (Å²) in [5, 5.41) is 0.347. The molecule has 0 fully saturated rings. The molecule has 4 nitrogen and oxygen atoms in total. The van der Waals surface area contributed by atoms with Crippen LogP contribution in [0.25, 0.3) is 0 Å². The topological polar surface area (TPSA) is 72.2 Å². The van der Waals surface area contributed by atoms with Gasteiger partial charge in [0, 0.05) is 12.1 Å². The Hall–Kier alpha value is -0.140. The van der Waals surface area contributed by atoms with Crippen molar-refractivity contribution in [3.05, 3.63) is 27.7 Å². The minimum atomic E-state index is -3.61. The van der Waals surface area contributed by atoms with E-state index >= 15 is 0 Å². The molecule has 0 aliphatic carbocycles. The van der Waals surface area contributed by atoms with E-state index in [-0.39, 0.29) is 11.4 Å². The lowest BCUT2D eigenvalue weighted by Gasteiger charge is -2.19. The second kappa shape index (κ2) is 5.24. The van der Waals surface area contributed by atoms with Crippen molar-refractivity contribution in [2.45, 2.75) is 24.3 Å². The second-order valence-electron chi connectivity index (χ2n) is 4.37. The molecule has 3 N–H and O–H groups in total. The molecule has 0 amide bonds. The summed E-state index contributed by atoms with van der Waals surface area (Å²) < 4.78 is 26.8. The second-order valence-corrected chi connectivity index (χ2v) is 7.30. The zero-order valence-electron chi connectivity index (χ0n) is 9.50. The van der Waals surface area contributed by atoms with E-state index < -0.39 is 15.6 Å². The van der Waals surface area contributed by atoms with Crippen molar-refractivity contribution in [1.82, 2.24) is 4.72 Å². The van der Waals surface area contributed by atoms with Gasteiger partial charge >= 0.3 is 0 Å². The maximum atomic E-state index is 12.0. The van der Waals surface area contributed by atoms with Crippen LogP contribution in [-0.4, -0.2) is 20.5 Å². The third kappa shape index (κ3) is 4.22. The Morgan fingerprint density at radius 2 is 2.06 bits per heavy atom. The number of nitrogens with two attached hydrogens (primary N) is 1. The van der Waals surface area contributed by atoms with Crippen LogP contribution in [0.4, 0.5) is 0 Å². The van der Waals surface area contributed by atoms with E-state index in [1.807, 2.05) is 0 Å². The van der Waals surface area contributed by atoms with Crippen LogP contribution in [-0.2, 0) is 10.0 Å². The van der Waals surface area contributed by atoms with E-state index in [4.69, 9.17) is 17.3 Å². The molecule has 0 radical (unpaired) electrons. The zero-order chi connectivity index (χ0) is 13.3. The lowest BCUT2D eigenvalue weighted by Crippen LogP contribution is -2.45. The first-order valence-corrected chi connectivity index (χ1v) is 7.51. The summed E-state index contributed by atoms with van der Waals surface area (Å²) in [5.74, 6) is 0. The largest absolute Gasteiger partial charge is 0.324 e. The van der Waals surface area contributed by atoms with E-state index in [1.165, 1.54) is 6.07 Å². The smallest absolute Gasteiger partial charge is 0.241 e. The number of hydrogen-bond acceptors (Lipinski definition) is 3. The van der Waals surface area contributed by atoms with Crippen LogP contribution in [0.1, 0.15) is 13.8 Å². The fourth-order valence-corrected chi connectivity index (χ4v) is 3.51. The molecule has 0 bridgehead atoms. The Kier molecular flexibility index (Phi) is 4.60. The molecule has 1 aromatic carbocycles. The van der Waals surface area contributed by atoms with Gasteiger partial charge in [-0.25, -0.2) is 13.1 Å². The highest BCUT2D eigenvalue weighted by atomic mass is 79.9. The van der Waals surface area contributed by atoms with Crippen LogP contribution < -0.4 is 10.5 Å². The number of benzene rings is 1. The fourth-order valence-electron chi connectivity index (χ4n) is 1.05. The van der Waals surface area contributed by atoms with Gasteiger partial charge in [0.15, 0.2) is 0 Å². The third-order valence-corrected chi connectivity index (χ3v) is 5.03. The quantitative estimate of drug-likeness (QED) is 0.881. The van der Waals surface area contributed by atoms with Crippen molar-refractivity contribution in [2.24, 2.45) is 5.73 Å². The summed E-state index contributed by atoms with van der Waals surface area (Å²) in [6, 6.07) is 4.66. The van der Waals surface area contributed by atoms with Gasteiger partial charge in [0.2, 0.25) is 10.0 Å². The molecule has 0 atom stereocenters. The summed E-state index contributed by atoms with van der Waals surface area (Å²) in [4.78, 5) is 0.106. The van der Waals surface area contributed by atoms with Crippen LogP contribution in [0.2, 0.25) is 5.02 Å². The molecular weight excluding hydrogens is 328 g/mol. The number of sulfonamides is 1. The molecule has 1 rings (SSSR count). The Morgan fingerprint density at radius 3 is 2.59 bits per heavy atom. The van der Waals surface area contributed by atoms with E-state index in [0.717, 1.165) is 0 Å². The molecule has 0 aromatic heterocycles. The van der Waals surface area contributed by atoms with E-state index in [2.05, 4.69) is 20.7 Å². The first-order chi connectivity index (χ1) is 7.63. The summed E-state index contributed by atoms with van der Waals surface area (Å²) in [5.41, 5.74) is 5.11. The van der Waals surface area contributed by atoms with E-state index in [0.29, 0.717) is 9.50 Å². The highest BCUT2D eigenvalue weighted by Gasteiger charge is 2.21. The van der Waals surface area contributed by atoms with E-state index in [1.54, 1.807) is 26.0 Å².